The average Bonchev–Trinajstić information content (AvgIpc) is 2.03. The van der Waals surface area contributed by atoms with Crippen molar-refractivity contribution in [1.82, 2.24) is 0 Å². The zero-order valence-corrected chi connectivity index (χ0v) is 7.87. The molecule has 3 heteroatoms. The van der Waals surface area contributed by atoms with E-state index >= 15 is 0 Å². The van der Waals surface area contributed by atoms with Crippen molar-refractivity contribution in [1.29, 1.82) is 0 Å². The Balaban J connectivity index is 2.62. The van der Waals surface area contributed by atoms with Gasteiger partial charge in [-0.2, -0.15) is 12.6 Å². The molecule has 0 aliphatic rings. The molecule has 0 bridgehead atoms. The Labute approximate surface area is 76.8 Å². The monoisotopic (exact) mass is 185 g/mol. The van der Waals surface area contributed by atoms with Crippen LogP contribution in [0.25, 0.3) is 0 Å². The van der Waals surface area contributed by atoms with Gasteiger partial charge in [0.25, 0.3) is 0 Å². The van der Waals surface area contributed by atoms with E-state index in [9.17, 15) is 0 Å². The lowest BCUT2D eigenvalue weighted by Crippen LogP contribution is -1.88. The van der Waals surface area contributed by atoms with Gasteiger partial charge in [0, 0.05) is 16.3 Å². The van der Waals surface area contributed by atoms with Crippen molar-refractivity contribution in [3.05, 3.63) is 24.3 Å². The molecule has 1 aromatic rings. The van der Waals surface area contributed by atoms with E-state index in [4.69, 9.17) is 5.73 Å². The molecule has 0 unspecified atom stereocenters. The first-order valence-corrected chi connectivity index (χ1v) is 5.04. The summed E-state index contributed by atoms with van der Waals surface area (Å²) in [5, 5.41) is 0. The lowest BCUT2D eigenvalue weighted by atomic mass is 10.3. The third kappa shape index (κ3) is 2.67. The molecule has 60 valence electrons. The quantitative estimate of drug-likeness (QED) is 0.429. The molecule has 0 radical (unpaired) electrons. The molecule has 0 atom stereocenters. The van der Waals surface area contributed by atoms with Crippen molar-refractivity contribution in [2.24, 2.45) is 0 Å². The highest BCUT2D eigenvalue weighted by Gasteiger charge is 1.95. The van der Waals surface area contributed by atoms with Crippen molar-refractivity contribution >= 4 is 30.1 Å². The maximum Gasteiger partial charge on any atom is 0.0452 e. The average molecular weight is 185 g/mol. The van der Waals surface area contributed by atoms with Crippen LogP contribution in [0.5, 0.6) is 0 Å². The molecule has 11 heavy (non-hydrogen) atoms. The van der Waals surface area contributed by atoms with Gasteiger partial charge in [0.05, 0.1) is 0 Å². The van der Waals surface area contributed by atoms with E-state index in [1.54, 1.807) is 11.8 Å². The van der Waals surface area contributed by atoms with Crippen LogP contribution in [0, 0.1) is 0 Å². The summed E-state index contributed by atoms with van der Waals surface area (Å²) in [5.74, 6) is 1.90. The van der Waals surface area contributed by atoms with Gasteiger partial charge in [-0.25, -0.2) is 0 Å². The minimum atomic E-state index is 0.860. The van der Waals surface area contributed by atoms with E-state index in [0.29, 0.717) is 0 Å². The van der Waals surface area contributed by atoms with Crippen LogP contribution in [0.1, 0.15) is 0 Å². The first-order valence-electron chi connectivity index (χ1n) is 3.43. The summed E-state index contributed by atoms with van der Waals surface area (Å²) in [6.07, 6.45) is 0. The van der Waals surface area contributed by atoms with E-state index < -0.39 is 0 Å². The number of benzene rings is 1. The standard InChI is InChI=1S/C8H11NS2/c9-7-3-1-2-4-8(7)11-6-5-10/h1-4,10H,5-6,9H2. The summed E-state index contributed by atoms with van der Waals surface area (Å²) in [4.78, 5) is 1.15. The Morgan fingerprint density at radius 3 is 2.73 bits per heavy atom. The third-order valence-corrected chi connectivity index (χ3v) is 2.89. The Hall–Kier alpha value is -0.280. The lowest BCUT2D eigenvalue weighted by Gasteiger charge is -2.01. The smallest absolute Gasteiger partial charge is 0.0452 e. The Bertz CT molecular complexity index is 225. The third-order valence-electron chi connectivity index (χ3n) is 1.27. The van der Waals surface area contributed by atoms with Gasteiger partial charge in [0.1, 0.15) is 0 Å². The molecule has 0 fully saturated rings. The number of anilines is 1. The molecule has 1 aromatic carbocycles. The van der Waals surface area contributed by atoms with Gasteiger partial charge >= 0.3 is 0 Å². The largest absolute Gasteiger partial charge is 0.398 e. The Kier molecular flexibility index (Phi) is 3.66. The summed E-state index contributed by atoms with van der Waals surface area (Å²) in [6.45, 7) is 0. The minimum absolute atomic E-state index is 0.860. The molecule has 0 aromatic heterocycles. The normalized spacial score (nSPS) is 9.91. The maximum atomic E-state index is 5.72. The van der Waals surface area contributed by atoms with Gasteiger partial charge in [-0.1, -0.05) is 12.1 Å². The van der Waals surface area contributed by atoms with Crippen molar-refractivity contribution < 1.29 is 0 Å². The number of thioether (sulfide) groups is 1. The van der Waals surface area contributed by atoms with E-state index in [2.05, 4.69) is 12.6 Å². The van der Waals surface area contributed by atoms with E-state index in [1.807, 2.05) is 24.3 Å². The molecule has 0 spiro atoms. The summed E-state index contributed by atoms with van der Waals surface area (Å²) >= 11 is 5.87. The van der Waals surface area contributed by atoms with E-state index in [1.165, 1.54) is 0 Å². The SMILES string of the molecule is Nc1ccccc1SCCS. The Morgan fingerprint density at radius 2 is 2.09 bits per heavy atom. The second-order valence-electron chi connectivity index (χ2n) is 2.11. The minimum Gasteiger partial charge on any atom is -0.398 e. The number of hydrogen-bond donors (Lipinski definition) is 2. The van der Waals surface area contributed by atoms with Crippen molar-refractivity contribution in [2.75, 3.05) is 17.2 Å². The van der Waals surface area contributed by atoms with Crippen LogP contribution < -0.4 is 5.73 Å². The molecule has 0 aliphatic heterocycles. The highest BCUT2D eigenvalue weighted by atomic mass is 32.2. The molecule has 0 aliphatic carbocycles. The molecule has 1 nitrogen and oxygen atoms in total. The van der Waals surface area contributed by atoms with Crippen LogP contribution >= 0.6 is 24.4 Å². The Morgan fingerprint density at radius 1 is 1.36 bits per heavy atom. The predicted molar refractivity (Wildman–Crippen MR) is 55.4 cm³/mol. The fourth-order valence-electron chi connectivity index (χ4n) is 0.768. The number of para-hydroxylation sites is 1. The van der Waals surface area contributed by atoms with Crippen LogP contribution in [-0.4, -0.2) is 11.5 Å². The first-order chi connectivity index (χ1) is 5.34. The maximum absolute atomic E-state index is 5.72. The summed E-state index contributed by atoms with van der Waals surface area (Å²) in [5.41, 5.74) is 6.58. The van der Waals surface area contributed by atoms with E-state index in [-0.39, 0.29) is 0 Å². The van der Waals surface area contributed by atoms with Gasteiger partial charge < -0.3 is 5.73 Å². The number of nitrogens with two attached hydrogens (primary N) is 1. The van der Waals surface area contributed by atoms with Crippen LogP contribution in [0.4, 0.5) is 5.69 Å². The fourth-order valence-corrected chi connectivity index (χ4v) is 1.76. The van der Waals surface area contributed by atoms with Crippen LogP contribution in [0.15, 0.2) is 29.2 Å². The van der Waals surface area contributed by atoms with Gasteiger partial charge in [-0.15, -0.1) is 11.8 Å². The van der Waals surface area contributed by atoms with E-state index in [0.717, 1.165) is 22.1 Å². The molecule has 2 N–H and O–H groups in total. The highest BCUT2D eigenvalue weighted by Crippen LogP contribution is 2.23. The van der Waals surface area contributed by atoms with Gasteiger partial charge in [0.2, 0.25) is 0 Å². The molecule has 0 heterocycles. The number of nitrogen functional groups attached to an aromatic ring is 1. The molecule has 1 rings (SSSR count). The van der Waals surface area contributed by atoms with Crippen molar-refractivity contribution in [2.45, 2.75) is 4.90 Å². The number of thiol groups is 1. The van der Waals surface area contributed by atoms with Crippen LogP contribution in [-0.2, 0) is 0 Å². The molecule has 0 saturated heterocycles. The zero-order valence-electron chi connectivity index (χ0n) is 6.16. The summed E-state index contributed by atoms with van der Waals surface area (Å²) in [6, 6.07) is 7.89. The number of hydrogen-bond acceptors (Lipinski definition) is 3. The molecule has 0 amide bonds. The second-order valence-corrected chi connectivity index (χ2v) is 3.69. The first kappa shape index (κ1) is 8.81. The van der Waals surface area contributed by atoms with Gasteiger partial charge in [0.15, 0.2) is 0 Å². The summed E-state index contributed by atoms with van der Waals surface area (Å²) in [7, 11) is 0. The predicted octanol–water partition coefficient (Wildman–Crippen LogP) is 2.29. The molecule has 0 saturated carbocycles. The fraction of sp³-hybridized carbons (Fsp3) is 0.250. The second kappa shape index (κ2) is 4.57. The topological polar surface area (TPSA) is 26.0 Å². The zero-order chi connectivity index (χ0) is 8.10. The lowest BCUT2D eigenvalue weighted by molar-refractivity contribution is 1.44. The van der Waals surface area contributed by atoms with Crippen LogP contribution in [0.2, 0.25) is 0 Å². The van der Waals surface area contributed by atoms with Crippen molar-refractivity contribution in [3.8, 4) is 0 Å². The van der Waals surface area contributed by atoms with Gasteiger partial charge in [-0.05, 0) is 17.9 Å². The number of rotatable bonds is 3. The van der Waals surface area contributed by atoms with Crippen molar-refractivity contribution in [3.63, 3.8) is 0 Å². The molecular weight excluding hydrogens is 174 g/mol. The van der Waals surface area contributed by atoms with Crippen LogP contribution in [0.3, 0.4) is 0 Å². The highest BCUT2D eigenvalue weighted by molar-refractivity contribution is 8.00. The van der Waals surface area contributed by atoms with Gasteiger partial charge in [-0.3, -0.25) is 0 Å². The molecular formula is C8H11NS2. The summed E-state index contributed by atoms with van der Waals surface area (Å²) < 4.78 is 0.